The number of hydrogen-bond donors (Lipinski definition) is 2. The smallest absolute Gasteiger partial charge is 0.163 e. The van der Waals surface area contributed by atoms with E-state index in [1.807, 2.05) is 13.8 Å². The Kier molecular flexibility index (Phi) is 7.10. The summed E-state index contributed by atoms with van der Waals surface area (Å²) in [5.74, 6) is 0.546. The molecule has 1 aliphatic heterocycles. The lowest BCUT2D eigenvalue weighted by Crippen LogP contribution is -2.35. The first-order valence-corrected chi connectivity index (χ1v) is 12.2. The molecule has 2 heterocycles. The Bertz CT molecular complexity index is 1320. The largest absolute Gasteiger partial charge is 0.492 e. The van der Waals surface area contributed by atoms with Gasteiger partial charge in [0.15, 0.2) is 11.5 Å². The van der Waals surface area contributed by atoms with E-state index in [1.165, 1.54) is 6.07 Å². The Morgan fingerprint density at radius 2 is 2.06 bits per heavy atom. The van der Waals surface area contributed by atoms with E-state index in [4.69, 9.17) is 31.8 Å². The average molecular weight is 513 g/mol. The molecule has 1 aromatic heterocycles. The minimum Gasteiger partial charge on any atom is -0.492 e. The number of rotatable bonds is 8. The van der Waals surface area contributed by atoms with Crippen LogP contribution in [0.2, 0.25) is 5.02 Å². The fourth-order valence-electron chi connectivity index (χ4n) is 4.24. The van der Waals surface area contributed by atoms with E-state index in [1.54, 1.807) is 50.2 Å². The minimum atomic E-state index is -1.44. The number of aromatic nitrogens is 1. The molecule has 3 N–H and O–H groups in total. The Balaban J connectivity index is 1.64. The lowest BCUT2D eigenvalue weighted by molar-refractivity contribution is 0.0396. The van der Waals surface area contributed by atoms with Crippen LogP contribution in [-0.2, 0) is 11.1 Å². The van der Waals surface area contributed by atoms with Gasteiger partial charge in [-0.25, -0.2) is 9.37 Å². The molecule has 36 heavy (non-hydrogen) atoms. The van der Waals surface area contributed by atoms with Gasteiger partial charge in [-0.2, -0.15) is 0 Å². The number of nitrogens with zero attached hydrogens (tertiary/aromatic N) is 1. The molecule has 4 rings (SSSR count). The normalized spacial score (nSPS) is 18.3. The zero-order valence-electron chi connectivity index (χ0n) is 20.8. The van der Waals surface area contributed by atoms with Crippen LogP contribution in [0.5, 0.6) is 11.5 Å². The van der Waals surface area contributed by atoms with E-state index < -0.39 is 11.1 Å². The van der Waals surface area contributed by atoms with Gasteiger partial charge in [-0.05, 0) is 82.1 Å². The second kappa shape index (κ2) is 9.81. The van der Waals surface area contributed by atoms with Gasteiger partial charge in [-0.1, -0.05) is 11.6 Å². The fraction of sp³-hybridized carbons (Fsp3) is 0.357. The molecular formula is C28H30ClFN2O4. The molecule has 0 bridgehead atoms. The lowest BCUT2D eigenvalue weighted by atomic mass is 9.88. The number of hydrogen-bond acceptors (Lipinski definition) is 6. The summed E-state index contributed by atoms with van der Waals surface area (Å²) in [7, 11) is 0. The predicted octanol–water partition coefficient (Wildman–Crippen LogP) is 5.69. The monoisotopic (exact) mass is 512 g/mol. The summed E-state index contributed by atoms with van der Waals surface area (Å²) in [6.07, 6.45) is 0.184. The molecule has 0 radical (unpaired) electrons. The topological polar surface area (TPSA) is 94.7 Å². The second-order valence-electron chi connectivity index (χ2n) is 9.68. The van der Waals surface area contributed by atoms with Crippen LogP contribution in [-0.4, -0.2) is 29.1 Å². The first-order chi connectivity index (χ1) is 16.9. The van der Waals surface area contributed by atoms with Gasteiger partial charge in [0.1, 0.15) is 29.5 Å². The number of carbonyl (C=O) groups excluding carboxylic acids is 1. The third-order valence-corrected chi connectivity index (χ3v) is 6.78. The number of nitrogens with two attached hydrogens (primary N) is 1. The van der Waals surface area contributed by atoms with Crippen LogP contribution in [0.3, 0.4) is 0 Å². The third-order valence-electron chi connectivity index (χ3n) is 6.48. The number of Topliss-reactive ketones (excluding diaryl/α,β-unsaturated/α-hetero) is 1. The van der Waals surface area contributed by atoms with Crippen molar-refractivity contribution in [2.24, 2.45) is 5.73 Å². The summed E-state index contributed by atoms with van der Waals surface area (Å²) in [5, 5.41) is 11.8. The summed E-state index contributed by atoms with van der Waals surface area (Å²) in [6.45, 7) is 7.70. The highest BCUT2D eigenvalue weighted by molar-refractivity contribution is 6.32. The summed E-state index contributed by atoms with van der Waals surface area (Å²) < 4.78 is 25.2. The number of ether oxygens (including phenoxy) is 2. The standard InChI is InChI=1S/C28H30ClFN2O4/c1-5-35-23-9-7-17(13-20(23)29)22(33)10-11-28(4,34)24-14-19-26(36-15-27(19,3)31)25(32-24)18-6-8-21(30)16(2)12-18/h6-9,12-14,34H,5,10-11,15,31H2,1-4H3. The van der Waals surface area contributed by atoms with E-state index >= 15 is 0 Å². The molecule has 2 aromatic carbocycles. The zero-order chi connectivity index (χ0) is 26.3. The van der Waals surface area contributed by atoms with Crippen molar-refractivity contribution in [3.05, 3.63) is 75.7 Å². The molecular weight excluding hydrogens is 483 g/mol. The molecule has 0 amide bonds. The van der Waals surface area contributed by atoms with Gasteiger partial charge in [0.2, 0.25) is 0 Å². The molecule has 8 heteroatoms. The Hall–Kier alpha value is -3.00. The molecule has 6 nitrogen and oxygen atoms in total. The van der Waals surface area contributed by atoms with Crippen molar-refractivity contribution in [1.82, 2.24) is 4.98 Å². The number of pyridine rings is 1. The molecule has 0 aliphatic carbocycles. The number of benzene rings is 2. The van der Waals surface area contributed by atoms with Crippen LogP contribution >= 0.6 is 11.6 Å². The third kappa shape index (κ3) is 5.09. The highest BCUT2D eigenvalue weighted by Crippen LogP contribution is 2.44. The molecule has 1 aliphatic rings. The Morgan fingerprint density at radius 1 is 1.31 bits per heavy atom. The number of ketones is 1. The first kappa shape index (κ1) is 26.1. The van der Waals surface area contributed by atoms with Gasteiger partial charge in [0, 0.05) is 23.1 Å². The van der Waals surface area contributed by atoms with Crippen molar-refractivity contribution in [2.75, 3.05) is 13.2 Å². The molecule has 0 saturated carbocycles. The highest BCUT2D eigenvalue weighted by atomic mass is 35.5. The fourth-order valence-corrected chi connectivity index (χ4v) is 4.48. The maximum atomic E-state index is 13.9. The molecule has 190 valence electrons. The van der Waals surface area contributed by atoms with E-state index in [-0.39, 0.29) is 31.0 Å². The molecule has 0 spiro atoms. The van der Waals surface area contributed by atoms with Crippen molar-refractivity contribution < 1.29 is 23.8 Å². The number of aryl methyl sites for hydroxylation is 1. The summed E-state index contributed by atoms with van der Waals surface area (Å²) in [4.78, 5) is 17.6. The molecule has 0 fully saturated rings. The van der Waals surface area contributed by atoms with Crippen LogP contribution in [0.4, 0.5) is 4.39 Å². The van der Waals surface area contributed by atoms with Crippen molar-refractivity contribution in [1.29, 1.82) is 0 Å². The van der Waals surface area contributed by atoms with E-state index in [0.717, 1.165) is 0 Å². The minimum absolute atomic E-state index is 0.0669. The maximum Gasteiger partial charge on any atom is 0.163 e. The number of carbonyl (C=O) groups is 1. The predicted molar refractivity (Wildman–Crippen MR) is 137 cm³/mol. The Labute approximate surface area is 215 Å². The number of fused-ring (bicyclic) bond motifs is 1. The van der Waals surface area contributed by atoms with Gasteiger partial charge >= 0.3 is 0 Å². The quantitative estimate of drug-likeness (QED) is 0.377. The van der Waals surface area contributed by atoms with Crippen molar-refractivity contribution in [2.45, 2.75) is 51.7 Å². The van der Waals surface area contributed by atoms with Gasteiger partial charge in [0.25, 0.3) is 0 Å². The number of aliphatic hydroxyl groups is 1. The van der Waals surface area contributed by atoms with Crippen molar-refractivity contribution >= 4 is 17.4 Å². The summed E-state index contributed by atoms with van der Waals surface area (Å²) >= 11 is 6.23. The van der Waals surface area contributed by atoms with E-state index in [9.17, 15) is 14.3 Å². The SMILES string of the molecule is CCOc1ccc(C(=O)CCC(C)(O)c2cc3c(c(-c4ccc(F)c(C)c4)n2)OCC3(C)N)cc1Cl. The van der Waals surface area contributed by atoms with Crippen molar-refractivity contribution in [3.63, 3.8) is 0 Å². The maximum absolute atomic E-state index is 13.9. The molecule has 2 unspecified atom stereocenters. The van der Waals surface area contributed by atoms with Crippen molar-refractivity contribution in [3.8, 4) is 22.8 Å². The van der Waals surface area contributed by atoms with Crippen LogP contribution in [0.1, 0.15) is 60.8 Å². The highest BCUT2D eigenvalue weighted by Gasteiger charge is 2.38. The average Bonchev–Trinajstić information content (AvgIpc) is 3.14. The van der Waals surface area contributed by atoms with E-state index in [0.29, 0.717) is 56.8 Å². The first-order valence-electron chi connectivity index (χ1n) is 11.8. The molecule has 0 saturated heterocycles. The zero-order valence-corrected chi connectivity index (χ0v) is 21.6. The Morgan fingerprint density at radius 3 is 2.72 bits per heavy atom. The van der Waals surface area contributed by atoms with Crippen LogP contribution in [0.25, 0.3) is 11.3 Å². The molecule has 3 aromatic rings. The number of halogens is 2. The lowest BCUT2D eigenvalue weighted by Gasteiger charge is -2.25. The second-order valence-corrected chi connectivity index (χ2v) is 10.1. The van der Waals surface area contributed by atoms with Gasteiger partial charge in [-0.15, -0.1) is 0 Å². The summed E-state index contributed by atoms with van der Waals surface area (Å²) in [6, 6.07) is 11.3. The van der Waals surface area contributed by atoms with Gasteiger partial charge < -0.3 is 20.3 Å². The van der Waals surface area contributed by atoms with Crippen LogP contribution in [0, 0.1) is 12.7 Å². The van der Waals surface area contributed by atoms with E-state index in [2.05, 4.69) is 0 Å². The van der Waals surface area contributed by atoms with Crippen LogP contribution < -0.4 is 15.2 Å². The van der Waals surface area contributed by atoms with Gasteiger partial charge in [-0.3, -0.25) is 4.79 Å². The van der Waals surface area contributed by atoms with Gasteiger partial charge in [0.05, 0.1) is 22.9 Å². The molecule has 2 atom stereocenters. The van der Waals surface area contributed by atoms with Crippen LogP contribution in [0.15, 0.2) is 42.5 Å². The summed E-state index contributed by atoms with van der Waals surface area (Å²) in [5.41, 5.74) is 7.34.